The summed E-state index contributed by atoms with van der Waals surface area (Å²) < 4.78 is 0. The molecule has 1 unspecified atom stereocenters. The molecule has 1 aliphatic rings. The second-order valence-electron chi connectivity index (χ2n) is 6.25. The third-order valence-corrected chi connectivity index (χ3v) is 5.20. The molecule has 0 aromatic rings. The standard InChI is InChI=1S/C16H29NO3S2.Na/c18-15(4-2-1-3-14(22)9-10-21)17-11-12-5-7-13(8-6-12)16(19)20;/h12-14,21-22H,1-11H2,(H,17,18)(H,19,20);/q;+1/p-1. The third-order valence-electron chi connectivity index (χ3n) is 4.42. The Morgan fingerprint density at radius 2 is 1.78 bits per heavy atom. The summed E-state index contributed by atoms with van der Waals surface area (Å²) in [5.41, 5.74) is 0. The molecule has 0 radical (unpaired) electrons. The minimum atomic E-state index is -0.928. The van der Waals surface area contributed by atoms with Gasteiger partial charge in [-0.2, -0.15) is 25.3 Å². The van der Waals surface area contributed by atoms with Crippen LogP contribution in [-0.4, -0.2) is 29.4 Å². The number of carbonyl (C=O) groups is 2. The average molecular weight is 370 g/mol. The minimum Gasteiger partial charge on any atom is -0.550 e. The molecule has 0 saturated heterocycles. The normalized spacial score (nSPS) is 22.0. The zero-order chi connectivity index (χ0) is 16.4. The molecule has 1 atom stereocenters. The van der Waals surface area contributed by atoms with E-state index >= 15 is 0 Å². The summed E-state index contributed by atoms with van der Waals surface area (Å²) in [7, 11) is 0. The second kappa shape index (κ2) is 13.9. The van der Waals surface area contributed by atoms with Crippen LogP contribution in [0.15, 0.2) is 0 Å². The Kier molecular flexibility index (Phi) is 14.3. The molecule has 0 spiro atoms. The van der Waals surface area contributed by atoms with E-state index < -0.39 is 5.97 Å². The molecule has 1 amide bonds. The van der Waals surface area contributed by atoms with Crippen LogP contribution in [0.1, 0.15) is 57.8 Å². The number of carboxylic acid groups (broad SMARTS) is 1. The van der Waals surface area contributed by atoms with Crippen molar-refractivity contribution < 1.29 is 44.3 Å². The maximum absolute atomic E-state index is 11.8. The summed E-state index contributed by atoms with van der Waals surface area (Å²) in [5, 5.41) is 14.1. The van der Waals surface area contributed by atoms with Crippen molar-refractivity contribution in [2.24, 2.45) is 11.8 Å². The smallest absolute Gasteiger partial charge is 0.550 e. The van der Waals surface area contributed by atoms with Gasteiger partial charge >= 0.3 is 29.6 Å². The van der Waals surface area contributed by atoms with Crippen molar-refractivity contribution in [2.75, 3.05) is 12.3 Å². The van der Waals surface area contributed by atoms with E-state index in [0.29, 0.717) is 37.0 Å². The predicted octanol–water partition coefficient (Wildman–Crippen LogP) is -1.16. The van der Waals surface area contributed by atoms with Gasteiger partial charge in [-0.15, -0.1) is 0 Å². The number of amides is 1. The number of carboxylic acids is 1. The maximum Gasteiger partial charge on any atom is 1.00 e. The molecule has 4 nitrogen and oxygen atoms in total. The van der Waals surface area contributed by atoms with Gasteiger partial charge < -0.3 is 15.2 Å². The molecule has 23 heavy (non-hydrogen) atoms. The summed E-state index contributed by atoms with van der Waals surface area (Å²) in [4.78, 5) is 22.6. The second-order valence-corrected chi connectivity index (χ2v) is 7.43. The van der Waals surface area contributed by atoms with Crippen LogP contribution in [0, 0.1) is 11.8 Å². The number of unbranched alkanes of at least 4 members (excludes halogenated alkanes) is 1. The molecule has 7 heteroatoms. The topological polar surface area (TPSA) is 69.2 Å². The Hall–Kier alpha value is 0.640. The number of rotatable bonds is 10. The van der Waals surface area contributed by atoms with Crippen molar-refractivity contribution >= 4 is 37.1 Å². The molecule has 0 heterocycles. The van der Waals surface area contributed by atoms with Crippen molar-refractivity contribution in [3.63, 3.8) is 0 Å². The number of carbonyl (C=O) groups excluding carboxylic acids is 2. The van der Waals surface area contributed by atoms with E-state index in [1.165, 1.54) is 0 Å². The Morgan fingerprint density at radius 3 is 2.35 bits per heavy atom. The van der Waals surface area contributed by atoms with Gasteiger partial charge in [0.15, 0.2) is 0 Å². The zero-order valence-corrected chi connectivity index (χ0v) is 17.9. The number of aliphatic carboxylic acids is 1. The van der Waals surface area contributed by atoms with Crippen LogP contribution in [-0.2, 0) is 9.59 Å². The summed E-state index contributed by atoms with van der Waals surface area (Å²) in [6, 6.07) is 0. The number of thiol groups is 2. The van der Waals surface area contributed by atoms with Gasteiger partial charge in [0.1, 0.15) is 0 Å². The molecule has 128 valence electrons. The van der Waals surface area contributed by atoms with Crippen LogP contribution in [0.2, 0.25) is 0 Å². The largest absolute Gasteiger partial charge is 1.00 e. The van der Waals surface area contributed by atoms with Crippen LogP contribution in [0.3, 0.4) is 0 Å². The van der Waals surface area contributed by atoms with Crippen LogP contribution in [0.25, 0.3) is 0 Å². The molecule has 1 N–H and O–H groups in total. The molecular formula is C16H28NNaO3S2. The monoisotopic (exact) mass is 369 g/mol. The fraction of sp³-hybridized carbons (Fsp3) is 0.875. The van der Waals surface area contributed by atoms with Gasteiger partial charge in [-0.25, -0.2) is 0 Å². The number of hydrogen-bond donors (Lipinski definition) is 3. The van der Waals surface area contributed by atoms with Crippen LogP contribution >= 0.6 is 25.3 Å². The Balaban J connectivity index is 0.00000484. The molecule has 0 aliphatic heterocycles. The van der Waals surface area contributed by atoms with E-state index in [1.54, 1.807) is 0 Å². The summed E-state index contributed by atoms with van der Waals surface area (Å²) >= 11 is 8.65. The molecule has 0 aromatic carbocycles. The first-order valence-electron chi connectivity index (χ1n) is 8.29. The molecule has 0 bridgehead atoms. The van der Waals surface area contributed by atoms with Crippen molar-refractivity contribution in [1.82, 2.24) is 5.32 Å². The molecule has 1 saturated carbocycles. The number of hydrogen-bond acceptors (Lipinski definition) is 5. The van der Waals surface area contributed by atoms with Gasteiger partial charge in [-0.1, -0.05) is 6.42 Å². The first-order valence-corrected chi connectivity index (χ1v) is 9.44. The summed E-state index contributed by atoms with van der Waals surface area (Å²) in [6.45, 7) is 0.674. The van der Waals surface area contributed by atoms with E-state index in [0.717, 1.165) is 44.3 Å². The van der Waals surface area contributed by atoms with Crippen molar-refractivity contribution in [2.45, 2.75) is 63.0 Å². The molecule has 0 aromatic heterocycles. The van der Waals surface area contributed by atoms with Crippen LogP contribution in [0.5, 0.6) is 0 Å². The molecule has 1 rings (SSSR count). The Labute approximate surface area is 173 Å². The number of nitrogens with one attached hydrogen (secondary N) is 1. The first-order chi connectivity index (χ1) is 10.5. The van der Waals surface area contributed by atoms with E-state index in [-0.39, 0.29) is 41.4 Å². The first kappa shape index (κ1) is 23.6. The van der Waals surface area contributed by atoms with E-state index in [4.69, 9.17) is 0 Å². The fourth-order valence-corrected chi connectivity index (χ4v) is 3.73. The van der Waals surface area contributed by atoms with Crippen molar-refractivity contribution in [3.8, 4) is 0 Å². The van der Waals surface area contributed by atoms with Crippen LogP contribution in [0.4, 0.5) is 0 Å². The van der Waals surface area contributed by atoms with E-state index in [9.17, 15) is 14.7 Å². The maximum atomic E-state index is 11.8. The molecule has 1 fully saturated rings. The van der Waals surface area contributed by atoms with Gasteiger partial charge in [0.25, 0.3) is 0 Å². The summed E-state index contributed by atoms with van der Waals surface area (Å²) in [6.07, 6.45) is 7.61. The SMILES string of the molecule is O=C(CCCCC(S)CCS)NCC1CCC(C(=O)[O-])CC1.[Na+]. The van der Waals surface area contributed by atoms with Crippen molar-refractivity contribution in [1.29, 1.82) is 0 Å². The Morgan fingerprint density at radius 1 is 1.13 bits per heavy atom. The van der Waals surface area contributed by atoms with Gasteiger partial charge in [-0.05, 0) is 62.5 Å². The quantitative estimate of drug-likeness (QED) is 0.259. The van der Waals surface area contributed by atoms with E-state index in [1.807, 2.05) is 0 Å². The van der Waals surface area contributed by atoms with Gasteiger partial charge in [-0.3, -0.25) is 4.79 Å². The molecular weight excluding hydrogens is 341 g/mol. The predicted molar refractivity (Wildman–Crippen MR) is 93.2 cm³/mol. The third kappa shape index (κ3) is 11.0. The average Bonchev–Trinajstić information content (AvgIpc) is 2.50. The van der Waals surface area contributed by atoms with E-state index in [2.05, 4.69) is 30.6 Å². The van der Waals surface area contributed by atoms with Crippen molar-refractivity contribution in [3.05, 3.63) is 0 Å². The molecule has 1 aliphatic carbocycles. The van der Waals surface area contributed by atoms with Gasteiger partial charge in [0.05, 0.1) is 0 Å². The van der Waals surface area contributed by atoms with Crippen LogP contribution < -0.4 is 40.0 Å². The summed E-state index contributed by atoms with van der Waals surface area (Å²) in [5.74, 6) is 0.152. The fourth-order valence-electron chi connectivity index (χ4n) is 2.91. The van der Waals surface area contributed by atoms with Gasteiger partial charge in [0, 0.05) is 24.2 Å². The van der Waals surface area contributed by atoms with Gasteiger partial charge in [0.2, 0.25) is 5.91 Å². The Bertz CT molecular complexity index is 350. The minimum absolute atomic E-state index is 0. The zero-order valence-electron chi connectivity index (χ0n) is 14.1.